The second-order valence-electron chi connectivity index (χ2n) is 5.07. The number of rotatable bonds is 5. The summed E-state index contributed by atoms with van der Waals surface area (Å²) in [6, 6.07) is 4.89. The second kappa shape index (κ2) is 8.07. The van der Waals surface area contributed by atoms with Gasteiger partial charge in [-0.25, -0.2) is 4.98 Å². The van der Waals surface area contributed by atoms with Crippen molar-refractivity contribution in [3.63, 3.8) is 0 Å². The number of nitrogens with two attached hydrogens (primary N) is 1. The lowest BCUT2D eigenvalue weighted by Crippen LogP contribution is -2.46. The van der Waals surface area contributed by atoms with E-state index in [0.717, 1.165) is 10.2 Å². The number of amides is 2. The van der Waals surface area contributed by atoms with Crippen LogP contribution in [0.2, 0.25) is 0 Å². The molecule has 2 aromatic rings. The molecule has 1 heterocycles. The maximum atomic E-state index is 11.8. The molecule has 2 amide bonds. The van der Waals surface area contributed by atoms with Crippen molar-refractivity contribution in [3.8, 4) is 0 Å². The smallest absolute Gasteiger partial charge is 0.243 e. The first-order valence-corrected chi connectivity index (χ1v) is 7.51. The molecule has 0 aliphatic heterocycles. The number of carbonyl (C=O) groups excluding carboxylic acids is 2. The highest BCUT2D eigenvalue weighted by atomic mass is 35.5. The molecular formula is C14H19ClN4O2S. The number of benzene rings is 1. The molecule has 0 bridgehead atoms. The normalized spacial score (nSPS) is 11.8. The summed E-state index contributed by atoms with van der Waals surface area (Å²) in [6.45, 7) is 3.61. The fourth-order valence-corrected chi connectivity index (χ4v) is 2.39. The van der Waals surface area contributed by atoms with Crippen molar-refractivity contribution in [1.82, 2.24) is 10.3 Å². The lowest BCUT2D eigenvalue weighted by atomic mass is 10.1. The number of thiazole rings is 1. The Balaban J connectivity index is 0.00000242. The molecule has 0 aliphatic carbocycles. The molecule has 1 aromatic heterocycles. The van der Waals surface area contributed by atoms with Crippen LogP contribution in [0, 0.1) is 5.92 Å². The molecule has 1 aromatic carbocycles. The molecule has 0 spiro atoms. The summed E-state index contributed by atoms with van der Waals surface area (Å²) in [7, 11) is 0. The highest BCUT2D eigenvalue weighted by Crippen LogP contribution is 2.21. The van der Waals surface area contributed by atoms with E-state index in [0.29, 0.717) is 5.69 Å². The minimum atomic E-state index is -0.607. The van der Waals surface area contributed by atoms with Crippen molar-refractivity contribution in [2.24, 2.45) is 11.7 Å². The number of nitrogens with one attached hydrogen (secondary N) is 2. The first-order chi connectivity index (χ1) is 9.97. The van der Waals surface area contributed by atoms with E-state index < -0.39 is 6.04 Å². The molecule has 8 heteroatoms. The van der Waals surface area contributed by atoms with Gasteiger partial charge in [-0.2, -0.15) is 0 Å². The molecule has 0 unspecified atom stereocenters. The summed E-state index contributed by atoms with van der Waals surface area (Å²) in [5.41, 5.74) is 8.94. The number of fused-ring (bicyclic) bond motifs is 1. The molecule has 0 saturated heterocycles. The van der Waals surface area contributed by atoms with Gasteiger partial charge in [-0.3, -0.25) is 9.59 Å². The fourth-order valence-electron chi connectivity index (χ4n) is 1.73. The van der Waals surface area contributed by atoms with Crippen LogP contribution >= 0.6 is 23.7 Å². The largest absolute Gasteiger partial charge is 0.346 e. The lowest BCUT2D eigenvalue weighted by molar-refractivity contribution is -0.125. The van der Waals surface area contributed by atoms with Crippen molar-refractivity contribution < 1.29 is 9.59 Å². The third-order valence-electron chi connectivity index (χ3n) is 3.06. The Morgan fingerprint density at radius 3 is 2.77 bits per heavy atom. The van der Waals surface area contributed by atoms with Crippen molar-refractivity contribution in [3.05, 3.63) is 23.7 Å². The lowest BCUT2D eigenvalue weighted by Gasteiger charge is -2.15. The Kier molecular flexibility index (Phi) is 6.73. The van der Waals surface area contributed by atoms with Gasteiger partial charge in [0.1, 0.15) is 0 Å². The van der Waals surface area contributed by atoms with Gasteiger partial charge in [0.2, 0.25) is 11.8 Å². The molecule has 1 atom stereocenters. The maximum absolute atomic E-state index is 11.8. The van der Waals surface area contributed by atoms with Gasteiger partial charge in [-0.1, -0.05) is 13.8 Å². The minimum Gasteiger partial charge on any atom is -0.346 e. The van der Waals surface area contributed by atoms with E-state index >= 15 is 0 Å². The van der Waals surface area contributed by atoms with Gasteiger partial charge in [0.15, 0.2) is 0 Å². The van der Waals surface area contributed by atoms with Crippen molar-refractivity contribution >= 4 is 51.5 Å². The van der Waals surface area contributed by atoms with Gasteiger partial charge in [0.25, 0.3) is 0 Å². The number of anilines is 1. The molecule has 2 rings (SSSR count). The SMILES string of the molecule is CC(C)[C@H](N)C(=O)NCC(=O)Nc1ccc2scnc2c1.Cl. The standard InChI is InChI=1S/C14H18N4O2S.ClH/c1-8(2)13(15)14(20)16-6-12(19)18-9-3-4-11-10(5-9)17-7-21-11;/h3-5,7-8,13H,6,15H2,1-2H3,(H,16,20)(H,18,19);1H/t13-;/m0./s1. The predicted molar refractivity (Wildman–Crippen MR) is 91.3 cm³/mol. The van der Waals surface area contributed by atoms with Gasteiger partial charge in [0, 0.05) is 5.69 Å². The summed E-state index contributed by atoms with van der Waals surface area (Å²) in [5.74, 6) is -0.593. The molecule has 120 valence electrons. The van der Waals surface area contributed by atoms with Crippen molar-refractivity contribution in [1.29, 1.82) is 0 Å². The van der Waals surface area contributed by atoms with Gasteiger partial charge in [-0.05, 0) is 24.1 Å². The van der Waals surface area contributed by atoms with E-state index in [1.165, 1.54) is 0 Å². The number of nitrogens with zero attached hydrogens (tertiary/aromatic N) is 1. The Morgan fingerprint density at radius 1 is 1.36 bits per heavy atom. The van der Waals surface area contributed by atoms with Gasteiger partial charge in [-0.15, -0.1) is 23.7 Å². The third kappa shape index (κ3) is 4.66. The number of aromatic nitrogens is 1. The Bertz CT molecular complexity index is 659. The highest BCUT2D eigenvalue weighted by molar-refractivity contribution is 7.16. The predicted octanol–water partition coefficient (Wildman–Crippen LogP) is 1.76. The van der Waals surface area contributed by atoms with Crippen LogP contribution in [0.3, 0.4) is 0 Å². The zero-order chi connectivity index (χ0) is 15.4. The maximum Gasteiger partial charge on any atom is 0.243 e. The quantitative estimate of drug-likeness (QED) is 0.771. The average molecular weight is 343 g/mol. The number of halogens is 1. The number of carbonyl (C=O) groups is 2. The zero-order valence-corrected chi connectivity index (χ0v) is 14.0. The van der Waals surface area contributed by atoms with E-state index in [9.17, 15) is 9.59 Å². The Morgan fingerprint density at radius 2 is 2.09 bits per heavy atom. The number of hydrogen-bond acceptors (Lipinski definition) is 5. The summed E-state index contributed by atoms with van der Waals surface area (Å²) < 4.78 is 1.06. The van der Waals surface area contributed by atoms with E-state index in [-0.39, 0.29) is 36.7 Å². The van der Waals surface area contributed by atoms with E-state index in [1.54, 1.807) is 29.0 Å². The van der Waals surface area contributed by atoms with E-state index in [1.807, 2.05) is 19.9 Å². The second-order valence-corrected chi connectivity index (χ2v) is 5.96. The molecule has 22 heavy (non-hydrogen) atoms. The highest BCUT2D eigenvalue weighted by Gasteiger charge is 2.17. The van der Waals surface area contributed by atoms with Gasteiger partial charge in [0.05, 0.1) is 28.3 Å². The summed E-state index contributed by atoms with van der Waals surface area (Å²) >= 11 is 1.54. The first kappa shape index (κ1) is 18.3. The first-order valence-electron chi connectivity index (χ1n) is 6.64. The molecular weight excluding hydrogens is 324 g/mol. The number of hydrogen-bond donors (Lipinski definition) is 3. The summed E-state index contributed by atoms with van der Waals surface area (Å²) in [5, 5.41) is 5.24. The molecule has 0 saturated carbocycles. The minimum absolute atomic E-state index is 0. The van der Waals surface area contributed by atoms with Crippen LogP contribution in [-0.2, 0) is 9.59 Å². The van der Waals surface area contributed by atoms with E-state index in [2.05, 4.69) is 15.6 Å². The summed E-state index contributed by atoms with van der Waals surface area (Å²) in [4.78, 5) is 27.6. The Hall–Kier alpha value is -1.70. The third-order valence-corrected chi connectivity index (χ3v) is 3.87. The van der Waals surface area contributed by atoms with Crippen LogP contribution in [0.25, 0.3) is 10.2 Å². The average Bonchev–Trinajstić information content (AvgIpc) is 2.91. The monoisotopic (exact) mass is 342 g/mol. The van der Waals surface area contributed by atoms with Gasteiger partial charge < -0.3 is 16.4 Å². The fraction of sp³-hybridized carbons (Fsp3) is 0.357. The zero-order valence-electron chi connectivity index (χ0n) is 12.3. The van der Waals surface area contributed by atoms with Crippen LogP contribution in [0.15, 0.2) is 23.7 Å². The van der Waals surface area contributed by atoms with Crippen molar-refractivity contribution in [2.45, 2.75) is 19.9 Å². The van der Waals surface area contributed by atoms with Crippen LogP contribution in [-0.4, -0.2) is 29.4 Å². The topological polar surface area (TPSA) is 97.1 Å². The van der Waals surface area contributed by atoms with E-state index in [4.69, 9.17) is 5.73 Å². The molecule has 0 fully saturated rings. The van der Waals surface area contributed by atoms with Crippen LogP contribution in [0.1, 0.15) is 13.8 Å². The van der Waals surface area contributed by atoms with Crippen LogP contribution < -0.4 is 16.4 Å². The molecule has 4 N–H and O–H groups in total. The molecule has 0 radical (unpaired) electrons. The molecule has 6 nitrogen and oxygen atoms in total. The van der Waals surface area contributed by atoms with Crippen LogP contribution in [0.4, 0.5) is 5.69 Å². The van der Waals surface area contributed by atoms with Gasteiger partial charge >= 0.3 is 0 Å². The molecule has 0 aliphatic rings. The summed E-state index contributed by atoms with van der Waals surface area (Å²) in [6.07, 6.45) is 0. The Labute approximate surface area is 138 Å². The van der Waals surface area contributed by atoms with Crippen LogP contribution in [0.5, 0.6) is 0 Å². The van der Waals surface area contributed by atoms with Crippen molar-refractivity contribution in [2.75, 3.05) is 11.9 Å².